The van der Waals surface area contributed by atoms with E-state index in [4.69, 9.17) is 4.74 Å². The van der Waals surface area contributed by atoms with Gasteiger partial charge in [-0.2, -0.15) is 0 Å². The van der Waals surface area contributed by atoms with Crippen LogP contribution in [0.25, 0.3) is 0 Å². The molecule has 2 aromatic heterocycles. The third-order valence-electron chi connectivity index (χ3n) is 2.39. The van der Waals surface area contributed by atoms with Crippen LogP contribution in [0.2, 0.25) is 0 Å². The topological polar surface area (TPSA) is 63.2 Å². The monoisotopic (exact) mass is 277 g/mol. The molecule has 0 bridgehead atoms. The molecule has 0 aliphatic heterocycles. The van der Waals surface area contributed by atoms with Crippen LogP contribution in [-0.4, -0.2) is 31.2 Å². The van der Waals surface area contributed by atoms with Gasteiger partial charge >= 0.3 is 0 Å². The molecule has 19 heavy (non-hydrogen) atoms. The molecule has 0 unspecified atom stereocenters. The second kappa shape index (κ2) is 6.86. The summed E-state index contributed by atoms with van der Waals surface area (Å²) in [5.41, 5.74) is 0.895. The number of hydrogen-bond donors (Lipinski definition) is 2. The average Bonchev–Trinajstić information content (AvgIpc) is 2.95. The highest BCUT2D eigenvalue weighted by Crippen LogP contribution is 2.13. The molecule has 0 aromatic carbocycles. The van der Waals surface area contributed by atoms with Gasteiger partial charge in [-0.1, -0.05) is 6.07 Å². The Kier molecular flexibility index (Phi) is 4.88. The fourth-order valence-electron chi connectivity index (χ4n) is 1.46. The van der Waals surface area contributed by atoms with Gasteiger partial charge in [0.15, 0.2) is 0 Å². The number of amides is 1. The first-order chi connectivity index (χ1) is 9.29. The Hall–Kier alpha value is -1.92. The number of thiophene rings is 1. The number of anilines is 2. The van der Waals surface area contributed by atoms with E-state index in [2.05, 4.69) is 15.6 Å². The first-order valence-electron chi connectivity index (χ1n) is 5.83. The molecule has 0 aliphatic rings. The molecule has 0 aliphatic carbocycles. The number of nitrogens with one attached hydrogen (secondary N) is 2. The molecule has 5 nitrogen and oxygen atoms in total. The first-order valence-corrected chi connectivity index (χ1v) is 6.71. The molecule has 1 amide bonds. The van der Waals surface area contributed by atoms with Crippen LogP contribution >= 0.6 is 11.3 Å². The molecule has 0 atom stereocenters. The number of rotatable bonds is 6. The van der Waals surface area contributed by atoms with Crippen LogP contribution in [0, 0.1) is 0 Å². The molecule has 0 saturated heterocycles. The van der Waals surface area contributed by atoms with E-state index in [1.807, 2.05) is 17.5 Å². The number of pyridine rings is 1. The number of aromatic nitrogens is 1. The summed E-state index contributed by atoms with van der Waals surface area (Å²) >= 11 is 1.40. The normalized spacial score (nSPS) is 10.2. The van der Waals surface area contributed by atoms with Gasteiger partial charge in [0.2, 0.25) is 0 Å². The largest absolute Gasteiger partial charge is 0.383 e. The number of carbonyl (C=O) groups is 1. The maximum atomic E-state index is 11.8. The molecular formula is C13H15N3O2S. The summed E-state index contributed by atoms with van der Waals surface area (Å²) in [6, 6.07) is 7.25. The molecule has 100 valence electrons. The van der Waals surface area contributed by atoms with Gasteiger partial charge < -0.3 is 15.4 Å². The maximum Gasteiger partial charge on any atom is 0.266 e. The lowest BCUT2D eigenvalue weighted by atomic mass is 10.4. The van der Waals surface area contributed by atoms with E-state index in [0.717, 1.165) is 12.2 Å². The Balaban J connectivity index is 1.90. The van der Waals surface area contributed by atoms with Crippen LogP contribution in [-0.2, 0) is 4.74 Å². The third kappa shape index (κ3) is 4.04. The van der Waals surface area contributed by atoms with Crippen molar-refractivity contribution in [2.24, 2.45) is 0 Å². The zero-order valence-electron chi connectivity index (χ0n) is 10.6. The lowest BCUT2D eigenvalue weighted by molar-refractivity contribution is 0.103. The molecule has 0 fully saturated rings. The smallest absolute Gasteiger partial charge is 0.266 e. The lowest BCUT2D eigenvalue weighted by Gasteiger charge is -2.06. The van der Waals surface area contributed by atoms with Gasteiger partial charge in [0, 0.05) is 13.7 Å². The fraction of sp³-hybridized carbons (Fsp3) is 0.231. The van der Waals surface area contributed by atoms with Gasteiger partial charge in [-0.05, 0) is 23.6 Å². The van der Waals surface area contributed by atoms with E-state index < -0.39 is 0 Å². The van der Waals surface area contributed by atoms with Crippen LogP contribution < -0.4 is 10.6 Å². The summed E-state index contributed by atoms with van der Waals surface area (Å²) in [4.78, 5) is 16.6. The van der Waals surface area contributed by atoms with E-state index in [-0.39, 0.29) is 5.91 Å². The molecule has 0 radical (unpaired) electrons. The summed E-state index contributed by atoms with van der Waals surface area (Å²) in [5.74, 6) is 0.401. The van der Waals surface area contributed by atoms with Crippen molar-refractivity contribution in [1.82, 2.24) is 4.98 Å². The molecule has 2 N–H and O–H groups in total. The number of hydrogen-bond acceptors (Lipinski definition) is 5. The summed E-state index contributed by atoms with van der Waals surface area (Å²) in [6.45, 7) is 1.36. The molecule has 2 aromatic rings. The Morgan fingerprint density at radius 3 is 2.95 bits per heavy atom. The van der Waals surface area contributed by atoms with Gasteiger partial charge in [0.25, 0.3) is 5.91 Å². The molecular weight excluding hydrogens is 262 g/mol. The van der Waals surface area contributed by atoms with Crippen molar-refractivity contribution < 1.29 is 9.53 Å². The second-order valence-corrected chi connectivity index (χ2v) is 4.73. The maximum absolute atomic E-state index is 11.8. The highest BCUT2D eigenvalue weighted by Gasteiger charge is 2.07. The van der Waals surface area contributed by atoms with Crippen molar-refractivity contribution in [3.8, 4) is 0 Å². The van der Waals surface area contributed by atoms with E-state index in [1.54, 1.807) is 25.4 Å². The predicted octanol–water partition coefficient (Wildman–Crippen LogP) is 2.45. The van der Waals surface area contributed by atoms with Crippen LogP contribution in [0.15, 0.2) is 35.8 Å². The molecule has 6 heteroatoms. The van der Waals surface area contributed by atoms with Crippen molar-refractivity contribution in [2.45, 2.75) is 0 Å². The highest BCUT2D eigenvalue weighted by atomic mass is 32.1. The SMILES string of the molecule is COCCNc1ccc(NC(=O)c2cccs2)nc1. The predicted molar refractivity (Wildman–Crippen MR) is 76.9 cm³/mol. The van der Waals surface area contributed by atoms with Crippen molar-refractivity contribution >= 4 is 28.7 Å². The number of nitrogens with zero attached hydrogens (tertiary/aromatic N) is 1. The van der Waals surface area contributed by atoms with Crippen LogP contribution in [0.5, 0.6) is 0 Å². The third-order valence-corrected chi connectivity index (χ3v) is 3.25. The van der Waals surface area contributed by atoms with Crippen molar-refractivity contribution in [3.63, 3.8) is 0 Å². The quantitative estimate of drug-likeness (QED) is 0.796. The Morgan fingerprint density at radius 1 is 1.42 bits per heavy atom. The minimum Gasteiger partial charge on any atom is -0.383 e. The first kappa shape index (κ1) is 13.5. The van der Waals surface area contributed by atoms with Crippen LogP contribution in [0.1, 0.15) is 9.67 Å². The summed E-state index contributed by atoms with van der Waals surface area (Å²) < 4.78 is 4.94. The molecule has 2 rings (SSSR count). The van der Waals surface area contributed by atoms with Crippen molar-refractivity contribution in [1.29, 1.82) is 0 Å². The van der Waals surface area contributed by atoms with Crippen molar-refractivity contribution in [3.05, 3.63) is 40.7 Å². The van der Waals surface area contributed by atoms with Crippen molar-refractivity contribution in [2.75, 3.05) is 30.9 Å². The second-order valence-electron chi connectivity index (χ2n) is 3.78. The summed E-state index contributed by atoms with van der Waals surface area (Å²) in [7, 11) is 1.66. The molecule has 0 spiro atoms. The van der Waals surface area contributed by atoms with E-state index in [1.165, 1.54) is 11.3 Å². The average molecular weight is 277 g/mol. The number of carbonyl (C=O) groups excluding carboxylic acids is 1. The summed E-state index contributed by atoms with van der Waals surface area (Å²) in [6.07, 6.45) is 1.68. The van der Waals surface area contributed by atoms with Crippen LogP contribution in [0.4, 0.5) is 11.5 Å². The Bertz CT molecular complexity index is 511. The van der Waals surface area contributed by atoms with Gasteiger partial charge in [-0.25, -0.2) is 4.98 Å². The number of ether oxygens (including phenoxy) is 1. The van der Waals surface area contributed by atoms with Gasteiger partial charge in [0.1, 0.15) is 5.82 Å². The van der Waals surface area contributed by atoms with Gasteiger partial charge in [-0.3, -0.25) is 4.79 Å². The molecule has 0 saturated carbocycles. The fourth-order valence-corrected chi connectivity index (χ4v) is 2.07. The van der Waals surface area contributed by atoms with E-state index >= 15 is 0 Å². The molecule has 2 heterocycles. The van der Waals surface area contributed by atoms with Gasteiger partial charge in [-0.15, -0.1) is 11.3 Å². The Labute approximate surface area is 115 Å². The lowest BCUT2D eigenvalue weighted by Crippen LogP contribution is -2.12. The van der Waals surface area contributed by atoms with Gasteiger partial charge in [0.05, 0.1) is 23.4 Å². The zero-order chi connectivity index (χ0) is 13.5. The van der Waals surface area contributed by atoms with E-state index in [0.29, 0.717) is 17.3 Å². The summed E-state index contributed by atoms with van der Waals surface area (Å²) in [5, 5.41) is 7.77. The number of methoxy groups -OCH3 is 1. The van der Waals surface area contributed by atoms with E-state index in [9.17, 15) is 4.79 Å². The Morgan fingerprint density at radius 2 is 2.32 bits per heavy atom. The minimum atomic E-state index is -0.136. The highest BCUT2D eigenvalue weighted by molar-refractivity contribution is 7.12. The zero-order valence-corrected chi connectivity index (χ0v) is 11.4. The minimum absolute atomic E-state index is 0.136. The standard InChI is InChI=1S/C13H15N3O2S/c1-18-7-6-14-10-4-5-12(15-9-10)16-13(17)11-3-2-8-19-11/h2-5,8-9,14H,6-7H2,1H3,(H,15,16,17). The van der Waals surface area contributed by atoms with Crippen LogP contribution in [0.3, 0.4) is 0 Å².